The summed E-state index contributed by atoms with van der Waals surface area (Å²) < 4.78 is 2.68. The number of nitrogens with zero attached hydrogens (tertiary/aromatic N) is 3. The second-order valence-electron chi connectivity index (χ2n) is 9.73. The molecule has 7 nitrogen and oxygen atoms in total. The van der Waals surface area contributed by atoms with E-state index < -0.39 is 0 Å². The van der Waals surface area contributed by atoms with Gasteiger partial charge < -0.3 is 9.88 Å². The Hall–Kier alpha value is -4.82. The van der Waals surface area contributed by atoms with Crippen molar-refractivity contribution in [2.24, 2.45) is 10.1 Å². The number of hydrogen-bond donors (Lipinski definition) is 2. The van der Waals surface area contributed by atoms with Gasteiger partial charge in [0.2, 0.25) is 0 Å². The molecule has 5 aromatic rings. The SMILES string of the molecule is O=C(Cn1cc(C2=N[C@@H](c3ccccc3)[C@H](c3ccccc3)NC2=O)c2cc(Br)ccc21)N/N=C/c1ccccc1. The van der Waals surface area contributed by atoms with Crippen molar-refractivity contribution in [1.29, 1.82) is 0 Å². The van der Waals surface area contributed by atoms with Gasteiger partial charge in [-0.15, -0.1) is 0 Å². The first-order chi connectivity index (χ1) is 20.1. The van der Waals surface area contributed by atoms with Crippen molar-refractivity contribution in [3.8, 4) is 0 Å². The normalized spacial score (nSPS) is 16.9. The number of rotatable bonds is 7. The number of carbonyl (C=O) groups excluding carboxylic acids is 2. The van der Waals surface area contributed by atoms with Crippen LogP contribution in [0.15, 0.2) is 130 Å². The predicted molar refractivity (Wildman–Crippen MR) is 165 cm³/mol. The number of aliphatic imine (C=N–C) groups is 1. The molecule has 0 saturated heterocycles. The quantitative estimate of drug-likeness (QED) is 0.178. The molecule has 1 aromatic heterocycles. The summed E-state index contributed by atoms with van der Waals surface area (Å²) in [5.41, 5.74) is 7.26. The van der Waals surface area contributed by atoms with Crippen molar-refractivity contribution < 1.29 is 9.59 Å². The van der Waals surface area contributed by atoms with Crippen LogP contribution in [0.4, 0.5) is 0 Å². The van der Waals surface area contributed by atoms with Crippen LogP contribution in [-0.2, 0) is 16.1 Å². The van der Waals surface area contributed by atoms with Gasteiger partial charge in [-0.05, 0) is 34.9 Å². The maximum atomic E-state index is 13.6. The Balaban J connectivity index is 1.36. The highest BCUT2D eigenvalue weighted by atomic mass is 79.9. The number of nitrogens with one attached hydrogen (secondary N) is 2. The number of aromatic nitrogens is 1. The van der Waals surface area contributed by atoms with Crippen molar-refractivity contribution in [3.63, 3.8) is 0 Å². The molecule has 0 radical (unpaired) electrons. The van der Waals surface area contributed by atoms with Gasteiger partial charge in [-0.25, -0.2) is 5.43 Å². The van der Waals surface area contributed by atoms with Crippen LogP contribution < -0.4 is 10.7 Å². The zero-order valence-corrected chi connectivity index (χ0v) is 23.5. The molecule has 2 heterocycles. The second kappa shape index (κ2) is 11.7. The lowest BCUT2D eigenvalue weighted by molar-refractivity contribution is -0.121. The maximum absolute atomic E-state index is 13.6. The highest BCUT2D eigenvalue weighted by Crippen LogP contribution is 2.37. The van der Waals surface area contributed by atoms with Gasteiger partial charge >= 0.3 is 0 Å². The van der Waals surface area contributed by atoms with Crippen molar-refractivity contribution in [3.05, 3.63) is 142 Å². The largest absolute Gasteiger partial charge is 0.341 e. The van der Waals surface area contributed by atoms with Crippen LogP contribution >= 0.6 is 15.9 Å². The summed E-state index contributed by atoms with van der Waals surface area (Å²) in [7, 11) is 0. The topological polar surface area (TPSA) is 87.8 Å². The van der Waals surface area contributed by atoms with Gasteiger partial charge in [-0.2, -0.15) is 5.10 Å². The number of hydrazone groups is 1. The minimum Gasteiger partial charge on any atom is -0.341 e. The number of carbonyl (C=O) groups is 2. The molecule has 0 aliphatic carbocycles. The van der Waals surface area contributed by atoms with Crippen molar-refractivity contribution >= 4 is 50.6 Å². The zero-order chi connectivity index (χ0) is 28.2. The van der Waals surface area contributed by atoms with Gasteiger partial charge in [0.15, 0.2) is 0 Å². The van der Waals surface area contributed by atoms with E-state index in [1.807, 2.05) is 120 Å². The fourth-order valence-corrected chi connectivity index (χ4v) is 5.45. The smallest absolute Gasteiger partial charge is 0.270 e. The van der Waals surface area contributed by atoms with Gasteiger partial charge in [0.05, 0.1) is 12.3 Å². The van der Waals surface area contributed by atoms with E-state index in [-0.39, 0.29) is 30.4 Å². The van der Waals surface area contributed by atoms with Crippen molar-refractivity contribution in [2.75, 3.05) is 0 Å². The summed E-state index contributed by atoms with van der Waals surface area (Å²) in [4.78, 5) is 31.5. The summed E-state index contributed by atoms with van der Waals surface area (Å²) in [6.07, 6.45) is 3.42. The number of amides is 2. The Bertz CT molecular complexity index is 1770. The van der Waals surface area contributed by atoms with Crippen LogP contribution in [0, 0.1) is 0 Å². The molecule has 4 aromatic carbocycles. The van der Waals surface area contributed by atoms with Crippen molar-refractivity contribution in [1.82, 2.24) is 15.3 Å². The predicted octanol–water partition coefficient (Wildman–Crippen LogP) is 5.96. The van der Waals surface area contributed by atoms with E-state index in [0.29, 0.717) is 11.3 Å². The molecule has 41 heavy (non-hydrogen) atoms. The average molecular weight is 605 g/mol. The molecular weight excluding hydrogens is 578 g/mol. The van der Waals surface area contributed by atoms with Gasteiger partial charge in [0.1, 0.15) is 18.3 Å². The van der Waals surface area contributed by atoms with Crippen molar-refractivity contribution in [2.45, 2.75) is 18.6 Å². The summed E-state index contributed by atoms with van der Waals surface area (Å²) in [5.74, 6) is -0.549. The van der Waals surface area contributed by atoms with Gasteiger partial charge in [-0.1, -0.05) is 107 Å². The molecule has 6 rings (SSSR count). The maximum Gasteiger partial charge on any atom is 0.270 e. The Morgan fingerprint density at radius 1 is 0.927 bits per heavy atom. The van der Waals surface area contributed by atoms with Crippen LogP contribution in [0.2, 0.25) is 0 Å². The lowest BCUT2D eigenvalue weighted by atomic mass is 9.91. The Labute approximate surface area is 245 Å². The van der Waals surface area contributed by atoms with E-state index >= 15 is 0 Å². The lowest BCUT2D eigenvalue weighted by Crippen LogP contribution is -2.42. The average Bonchev–Trinajstić information content (AvgIpc) is 3.35. The fourth-order valence-electron chi connectivity index (χ4n) is 5.09. The molecule has 8 heteroatoms. The van der Waals surface area contributed by atoms with Crippen LogP contribution in [0.3, 0.4) is 0 Å². The number of hydrogen-bond acceptors (Lipinski definition) is 4. The minimum absolute atomic E-state index is 0.0217. The van der Waals surface area contributed by atoms with Crippen LogP contribution in [0.25, 0.3) is 10.9 Å². The van der Waals surface area contributed by atoms with Gasteiger partial charge in [0.25, 0.3) is 11.8 Å². The van der Waals surface area contributed by atoms with E-state index in [2.05, 4.69) is 31.8 Å². The Morgan fingerprint density at radius 3 is 2.29 bits per heavy atom. The molecule has 1 aliphatic rings. The second-order valence-corrected chi connectivity index (χ2v) is 10.6. The van der Waals surface area contributed by atoms with E-state index in [9.17, 15) is 9.59 Å². The molecule has 0 bridgehead atoms. The van der Waals surface area contributed by atoms with Crippen LogP contribution in [0.1, 0.15) is 34.3 Å². The first-order valence-electron chi connectivity index (χ1n) is 13.2. The third-order valence-electron chi connectivity index (χ3n) is 7.00. The van der Waals surface area contributed by atoms with Gasteiger partial charge in [-0.3, -0.25) is 14.6 Å². The minimum atomic E-state index is -0.326. The van der Waals surface area contributed by atoms with Gasteiger partial charge in [0, 0.05) is 27.1 Å². The molecule has 2 amide bonds. The number of fused-ring (bicyclic) bond motifs is 1. The zero-order valence-electron chi connectivity index (χ0n) is 21.9. The monoisotopic (exact) mass is 603 g/mol. The first-order valence-corrected chi connectivity index (χ1v) is 14.0. The summed E-state index contributed by atoms with van der Waals surface area (Å²) in [6.45, 7) is 0.0217. The molecule has 2 atom stereocenters. The summed E-state index contributed by atoms with van der Waals surface area (Å²) in [5, 5.41) is 8.12. The number of benzene rings is 4. The molecule has 202 valence electrons. The van der Waals surface area contributed by atoms with Crippen LogP contribution in [-0.4, -0.2) is 28.3 Å². The van der Waals surface area contributed by atoms with Crippen LogP contribution in [0.5, 0.6) is 0 Å². The first kappa shape index (κ1) is 26.4. The standard InChI is InChI=1S/C33H26BrN5O2/c34-25-16-17-28-26(18-25)27(20-39(28)21-29(40)38-35-19-22-10-4-1-5-11-22)32-33(41)37-31(24-14-8-3-9-15-24)30(36-32)23-12-6-2-7-13-23/h1-20,30-31H,21H2,(H,37,41)(H,38,40)/b35-19+/t30-,31-/m0/s1. The molecule has 0 fully saturated rings. The molecule has 1 aliphatic heterocycles. The highest BCUT2D eigenvalue weighted by Gasteiger charge is 2.34. The molecule has 2 N–H and O–H groups in total. The summed E-state index contributed by atoms with van der Waals surface area (Å²) in [6, 6.07) is 34.5. The lowest BCUT2D eigenvalue weighted by Gasteiger charge is -2.31. The Morgan fingerprint density at radius 2 is 1.59 bits per heavy atom. The molecule has 0 saturated carbocycles. The fraction of sp³-hybridized carbons (Fsp3) is 0.0909. The van der Waals surface area contributed by atoms with E-state index in [1.54, 1.807) is 6.21 Å². The summed E-state index contributed by atoms with van der Waals surface area (Å²) >= 11 is 3.56. The molecule has 0 spiro atoms. The third-order valence-corrected chi connectivity index (χ3v) is 7.49. The molecular formula is C33H26BrN5O2. The van der Waals surface area contributed by atoms with E-state index in [1.165, 1.54) is 0 Å². The Kier molecular flexibility index (Phi) is 7.56. The molecule has 0 unspecified atom stereocenters. The highest BCUT2D eigenvalue weighted by molar-refractivity contribution is 9.10. The number of halogens is 1. The van der Waals surface area contributed by atoms with E-state index in [0.717, 1.165) is 32.1 Å². The van der Waals surface area contributed by atoms with E-state index in [4.69, 9.17) is 4.99 Å². The third kappa shape index (κ3) is 5.73.